The summed E-state index contributed by atoms with van der Waals surface area (Å²) in [7, 11) is 1.28. The maximum Gasteiger partial charge on any atom is 0.340 e. The Kier molecular flexibility index (Phi) is 6.30. The van der Waals surface area contributed by atoms with E-state index in [0.717, 1.165) is 17.3 Å². The summed E-state index contributed by atoms with van der Waals surface area (Å²) in [5, 5.41) is -1.73. The molecule has 3 atom stereocenters. The van der Waals surface area contributed by atoms with Crippen LogP contribution in [0.15, 0.2) is 30.3 Å². The van der Waals surface area contributed by atoms with Crippen LogP contribution in [0, 0.1) is 0 Å². The van der Waals surface area contributed by atoms with E-state index in [1.165, 1.54) is 12.0 Å². The Labute approximate surface area is 157 Å². The first-order valence-corrected chi connectivity index (χ1v) is 9.16. The van der Waals surface area contributed by atoms with Gasteiger partial charge >= 0.3 is 11.9 Å². The summed E-state index contributed by atoms with van der Waals surface area (Å²) >= 11 is 1.05. The first-order valence-electron chi connectivity index (χ1n) is 8.22. The topological polar surface area (TPSA) is 98.9 Å². The molecule has 1 amide bonds. The van der Waals surface area contributed by atoms with Crippen molar-refractivity contribution in [3.05, 3.63) is 35.9 Å². The van der Waals surface area contributed by atoms with Crippen molar-refractivity contribution in [2.45, 2.75) is 43.0 Å². The molecule has 2 N–H and O–H groups in total. The monoisotopic (exact) mass is 380 g/mol. The highest BCUT2D eigenvalue weighted by Gasteiger charge is 2.52. The Morgan fingerprint density at radius 3 is 2.27 bits per heavy atom. The number of carbonyl (C=O) groups is 3. The van der Waals surface area contributed by atoms with Crippen LogP contribution in [-0.4, -0.2) is 52.6 Å². The number of carbonyl (C=O) groups excluding carboxylic acids is 3. The van der Waals surface area contributed by atoms with Gasteiger partial charge in [0.1, 0.15) is 10.9 Å². The number of nitrogens with two attached hydrogens (primary N) is 1. The molecule has 1 aliphatic rings. The molecule has 0 aliphatic carbocycles. The fourth-order valence-corrected chi connectivity index (χ4v) is 4.23. The minimum absolute atomic E-state index is 0.281. The highest BCUT2D eigenvalue weighted by atomic mass is 32.2. The van der Waals surface area contributed by atoms with E-state index in [9.17, 15) is 14.4 Å². The van der Waals surface area contributed by atoms with Crippen molar-refractivity contribution in [1.82, 2.24) is 4.90 Å². The molecule has 2 rings (SSSR count). The highest BCUT2D eigenvalue weighted by molar-refractivity contribution is 8.02. The molecule has 0 radical (unpaired) electrons. The zero-order valence-corrected chi connectivity index (χ0v) is 16.1. The van der Waals surface area contributed by atoms with Crippen LogP contribution in [0.25, 0.3) is 0 Å². The molecular weight excluding hydrogens is 356 g/mol. The van der Waals surface area contributed by atoms with E-state index in [-0.39, 0.29) is 6.54 Å². The molecule has 0 saturated carbocycles. The normalized spacial score (nSPS) is 22.8. The SMILES string of the molecule is COC(=O)[C@@H]1S[C@@H](C(=O)OC(C)(C)C)N(C(=O)CN)[C@H]1c1ccccc1. The molecule has 1 aliphatic heterocycles. The molecule has 0 spiro atoms. The van der Waals surface area contributed by atoms with Gasteiger partial charge in [0.05, 0.1) is 19.7 Å². The largest absolute Gasteiger partial charge is 0.468 e. The maximum absolute atomic E-state index is 12.7. The van der Waals surface area contributed by atoms with E-state index < -0.39 is 40.1 Å². The second kappa shape index (κ2) is 8.09. The average molecular weight is 380 g/mol. The minimum Gasteiger partial charge on any atom is -0.468 e. The summed E-state index contributed by atoms with van der Waals surface area (Å²) in [6.07, 6.45) is 0. The van der Waals surface area contributed by atoms with Gasteiger partial charge in [0.2, 0.25) is 5.91 Å². The van der Waals surface area contributed by atoms with Crippen LogP contribution >= 0.6 is 11.8 Å². The van der Waals surface area contributed by atoms with Gasteiger partial charge in [0.15, 0.2) is 5.37 Å². The van der Waals surface area contributed by atoms with Gasteiger partial charge in [-0.1, -0.05) is 30.3 Å². The van der Waals surface area contributed by atoms with Crippen LogP contribution < -0.4 is 5.73 Å². The number of esters is 2. The Morgan fingerprint density at radius 1 is 1.15 bits per heavy atom. The number of nitrogens with zero attached hydrogens (tertiary/aromatic N) is 1. The fraction of sp³-hybridized carbons (Fsp3) is 0.500. The van der Waals surface area contributed by atoms with Gasteiger partial charge in [-0.05, 0) is 26.3 Å². The molecule has 1 aromatic carbocycles. The number of hydrogen-bond acceptors (Lipinski definition) is 7. The molecule has 0 bridgehead atoms. The lowest BCUT2D eigenvalue weighted by molar-refractivity contribution is -0.161. The van der Waals surface area contributed by atoms with E-state index in [4.69, 9.17) is 15.2 Å². The Balaban J connectivity index is 2.48. The highest BCUT2D eigenvalue weighted by Crippen LogP contribution is 2.46. The van der Waals surface area contributed by atoms with Gasteiger partial charge in [-0.25, -0.2) is 4.79 Å². The van der Waals surface area contributed by atoms with Crippen molar-refractivity contribution < 1.29 is 23.9 Å². The molecule has 26 heavy (non-hydrogen) atoms. The molecule has 0 unspecified atom stereocenters. The molecule has 1 saturated heterocycles. The van der Waals surface area contributed by atoms with E-state index in [2.05, 4.69) is 0 Å². The Hall–Kier alpha value is -2.06. The third-order valence-electron chi connectivity index (χ3n) is 3.76. The molecule has 1 aromatic rings. The van der Waals surface area contributed by atoms with Gasteiger partial charge in [0, 0.05) is 0 Å². The van der Waals surface area contributed by atoms with Crippen LogP contribution in [0.3, 0.4) is 0 Å². The summed E-state index contributed by atoms with van der Waals surface area (Å²) in [6, 6.07) is 8.38. The summed E-state index contributed by atoms with van der Waals surface area (Å²) in [5.74, 6) is -1.53. The lowest BCUT2D eigenvalue weighted by Crippen LogP contribution is -2.46. The standard InChI is InChI=1S/C18H24N2O5S/c1-18(2,3)25-17(23)15-20(12(21)10-19)13(11-8-6-5-7-9-11)14(26-15)16(22)24-4/h5-9,13-15H,10,19H2,1-4H3/t13-,14+,15-/m0/s1. The predicted octanol–water partition coefficient (Wildman–Crippen LogP) is 1.47. The van der Waals surface area contributed by atoms with Crippen LogP contribution in [0.4, 0.5) is 0 Å². The van der Waals surface area contributed by atoms with Crippen LogP contribution in [0.5, 0.6) is 0 Å². The minimum atomic E-state index is -0.973. The number of rotatable bonds is 4. The van der Waals surface area contributed by atoms with Gasteiger partial charge in [-0.3, -0.25) is 9.59 Å². The van der Waals surface area contributed by atoms with Gasteiger partial charge in [0.25, 0.3) is 0 Å². The number of thioether (sulfide) groups is 1. The summed E-state index contributed by atoms with van der Waals surface area (Å²) < 4.78 is 10.3. The van der Waals surface area contributed by atoms with Crippen molar-refractivity contribution in [1.29, 1.82) is 0 Å². The summed E-state index contributed by atoms with van der Waals surface area (Å²) in [6.45, 7) is 4.95. The molecule has 8 heteroatoms. The third-order valence-corrected chi connectivity index (χ3v) is 5.18. The molecule has 0 aromatic heterocycles. The Bertz CT molecular complexity index is 674. The van der Waals surface area contributed by atoms with Crippen LogP contribution in [-0.2, 0) is 23.9 Å². The van der Waals surface area contributed by atoms with E-state index in [1.54, 1.807) is 45.0 Å². The fourth-order valence-electron chi connectivity index (χ4n) is 2.77. The number of benzene rings is 1. The summed E-state index contributed by atoms with van der Waals surface area (Å²) in [4.78, 5) is 38.9. The van der Waals surface area contributed by atoms with Gasteiger partial charge in [-0.2, -0.15) is 0 Å². The molecule has 142 valence electrons. The zero-order valence-electron chi connectivity index (χ0n) is 15.3. The summed E-state index contributed by atoms with van der Waals surface area (Å²) in [5.41, 5.74) is 5.57. The van der Waals surface area contributed by atoms with Crippen molar-refractivity contribution in [3.63, 3.8) is 0 Å². The number of ether oxygens (including phenoxy) is 2. The van der Waals surface area contributed by atoms with E-state index in [0.29, 0.717) is 0 Å². The second-order valence-electron chi connectivity index (χ2n) is 6.83. The lowest BCUT2D eigenvalue weighted by Gasteiger charge is -2.30. The van der Waals surface area contributed by atoms with E-state index in [1.807, 2.05) is 6.07 Å². The quantitative estimate of drug-likeness (QED) is 0.790. The maximum atomic E-state index is 12.7. The van der Waals surface area contributed by atoms with Crippen molar-refractivity contribution in [3.8, 4) is 0 Å². The smallest absolute Gasteiger partial charge is 0.340 e. The van der Waals surface area contributed by atoms with Crippen molar-refractivity contribution in [2.24, 2.45) is 5.73 Å². The van der Waals surface area contributed by atoms with Crippen LogP contribution in [0.1, 0.15) is 32.4 Å². The molecular formula is C18H24N2O5S. The van der Waals surface area contributed by atoms with E-state index >= 15 is 0 Å². The lowest BCUT2D eigenvalue weighted by atomic mass is 10.0. The first kappa shape index (κ1) is 20.3. The average Bonchev–Trinajstić information content (AvgIpc) is 3.00. The third kappa shape index (κ3) is 4.37. The zero-order chi connectivity index (χ0) is 19.5. The van der Waals surface area contributed by atoms with Crippen molar-refractivity contribution >= 4 is 29.6 Å². The number of amides is 1. The second-order valence-corrected chi connectivity index (χ2v) is 8.05. The van der Waals surface area contributed by atoms with Gasteiger partial charge in [-0.15, -0.1) is 11.8 Å². The molecule has 7 nitrogen and oxygen atoms in total. The predicted molar refractivity (Wildman–Crippen MR) is 98.1 cm³/mol. The first-order chi connectivity index (χ1) is 12.2. The van der Waals surface area contributed by atoms with Crippen molar-refractivity contribution in [2.75, 3.05) is 13.7 Å². The van der Waals surface area contributed by atoms with Gasteiger partial charge < -0.3 is 20.1 Å². The number of methoxy groups -OCH3 is 1. The number of hydrogen-bond donors (Lipinski definition) is 1. The Morgan fingerprint density at radius 2 is 1.77 bits per heavy atom. The molecule has 1 heterocycles. The molecule has 1 fully saturated rings. The van der Waals surface area contributed by atoms with Crippen LogP contribution in [0.2, 0.25) is 0 Å².